The molecule has 3 rings (SSSR count). The van der Waals surface area contributed by atoms with E-state index < -0.39 is 5.97 Å². The fraction of sp³-hybridized carbons (Fsp3) is 0.444. The van der Waals surface area contributed by atoms with Crippen LogP contribution in [0.5, 0.6) is 0 Å². The molecule has 2 aromatic rings. The number of carboxylic acid groups (broad SMARTS) is 1. The number of para-hydroxylation sites is 1. The number of aromatic nitrogens is 1. The van der Waals surface area contributed by atoms with Gasteiger partial charge in [0.2, 0.25) is 0 Å². The van der Waals surface area contributed by atoms with Gasteiger partial charge in [-0.1, -0.05) is 25.1 Å². The summed E-state index contributed by atoms with van der Waals surface area (Å²) in [4.78, 5) is 18.0. The van der Waals surface area contributed by atoms with Crippen molar-refractivity contribution in [1.29, 1.82) is 0 Å². The van der Waals surface area contributed by atoms with Crippen LogP contribution in [0, 0.1) is 0 Å². The number of fused-ring (bicyclic) bond motifs is 1. The number of carbonyl (C=O) groups is 1. The van der Waals surface area contributed by atoms with Gasteiger partial charge < -0.3 is 10.0 Å². The molecule has 1 atom stereocenters. The van der Waals surface area contributed by atoms with Crippen molar-refractivity contribution in [3.05, 3.63) is 36.0 Å². The molecule has 4 nitrogen and oxygen atoms in total. The third kappa shape index (κ3) is 2.91. The van der Waals surface area contributed by atoms with Crippen LogP contribution in [0.15, 0.2) is 30.3 Å². The molecule has 0 amide bonds. The molecule has 1 aromatic carbocycles. The zero-order chi connectivity index (χ0) is 15.5. The molecule has 1 unspecified atom stereocenters. The van der Waals surface area contributed by atoms with E-state index in [2.05, 4.69) is 22.9 Å². The first-order valence-electron chi connectivity index (χ1n) is 8.06. The Balaban J connectivity index is 2.11. The Morgan fingerprint density at radius 1 is 1.36 bits per heavy atom. The number of hydrogen-bond donors (Lipinski definition) is 1. The smallest absolute Gasteiger partial charge is 0.309 e. The Kier molecular flexibility index (Phi) is 4.27. The van der Waals surface area contributed by atoms with Crippen molar-refractivity contribution >= 4 is 22.6 Å². The van der Waals surface area contributed by atoms with Gasteiger partial charge in [0.25, 0.3) is 0 Å². The minimum Gasteiger partial charge on any atom is -0.481 e. The highest BCUT2D eigenvalue weighted by Gasteiger charge is 2.23. The number of anilines is 1. The number of rotatable bonds is 4. The first-order chi connectivity index (χ1) is 10.7. The van der Waals surface area contributed by atoms with Gasteiger partial charge in [0, 0.05) is 23.7 Å². The van der Waals surface area contributed by atoms with Gasteiger partial charge in [-0.15, -0.1) is 0 Å². The van der Waals surface area contributed by atoms with Gasteiger partial charge in [0.1, 0.15) is 0 Å². The Morgan fingerprint density at radius 2 is 2.18 bits per heavy atom. The van der Waals surface area contributed by atoms with E-state index in [0.717, 1.165) is 29.6 Å². The topological polar surface area (TPSA) is 53.4 Å². The summed E-state index contributed by atoms with van der Waals surface area (Å²) in [5.74, 6) is -0.834. The van der Waals surface area contributed by atoms with Crippen molar-refractivity contribution in [2.24, 2.45) is 0 Å². The second-order valence-electron chi connectivity index (χ2n) is 5.97. The van der Waals surface area contributed by atoms with Crippen LogP contribution in [0.3, 0.4) is 0 Å². The molecule has 1 saturated heterocycles. The average Bonchev–Trinajstić information content (AvgIpc) is 2.53. The number of pyridine rings is 1. The maximum absolute atomic E-state index is 11.1. The third-order valence-electron chi connectivity index (χ3n) is 4.49. The number of nitrogens with zero attached hydrogens (tertiary/aromatic N) is 2. The van der Waals surface area contributed by atoms with E-state index in [1.165, 1.54) is 19.3 Å². The lowest BCUT2D eigenvalue weighted by molar-refractivity contribution is -0.136. The molecule has 1 N–H and O–H groups in total. The van der Waals surface area contributed by atoms with Crippen LogP contribution < -0.4 is 4.90 Å². The summed E-state index contributed by atoms with van der Waals surface area (Å²) in [7, 11) is 0. The molecule has 2 heterocycles. The van der Waals surface area contributed by atoms with Crippen LogP contribution in [0.1, 0.15) is 38.3 Å². The van der Waals surface area contributed by atoms with E-state index >= 15 is 0 Å². The molecule has 1 aliphatic heterocycles. The highest BCUT2D eigenvalue weighted by atomic mass is 16.4. The fourth-order valence-electron chi connectivity index (χ4n) is 3.44. The molecular weight excluding hydrogens is 276 g/mol. The minimum atomic E-state index is -0.834. The van der Waals surface area contributed by atoms with E-state index in [-0.39, 0.29) is 6.42 Å². The van der Waals surface area contributed by atoms with Gasteiger partial charge in [-0.25, -0.2) is 0 Å². The molecule has 0 radical (unpaired) electrons. The first kappa shape index (κ1) is 14.8. The number of hydrogen-bond acceptors (Lipinski definition) is 3. The lowest BCUT2D eigenvalue weighted by Gasteiger charge is -2.38. The van der Waals surface area contributed by atoms with Gasteiger partial charge >= 0.3 is 5.97 Å². The Morgan fingerprint density at radius 3 is 2.95 bits per heavy atom. The molecule has 4 heteroatoms. The second kappa shape index (κ2) is 6.34. The summed E-state index contributed by atoms with van der Waals surface area (Å²) in [6, 6.07) is 10.5. The van der Waals surface area contributed by atoms with Crippen LogP contribution in [0.2, 0.25) is 0 Å². The lowest BCUT2D eigenvalue weighted by atomic mass is 9.98. The van der Waals surface area contributed by atoms with Gasteiger partial charge in [-0.05, 0) is 37.8 Å². The molecule has 1 aliphatic rings. The van der Waals surface area contributed by atoms with Crippen LogP contribution in [0.25, 0.3) is 10.9 Å². The lowest BCUT2D eigenvalue weighted by Crippen LogP contribution is -2.39. The Bertz CT molecular complexity index is 684. The van der Waals surface area contributed by atoms with E-state index in [1.54, 1.807) is 0 Å². The molecular formula is C18H22N2O2. The first-order valence-corrected chi connectivity index (χ1v) is 8.06. The van der Waals surface area contributed by atoms with Crippen LogP contribution >= 0.6 is 0 Å². The van der Waals surface area contributed by atoms with Crippen LogP contribution in [0.4, 0.5) is 5.69 Å². The van der Waals surface area contributed by atoms with Gasteiger partial charge in [-0.3, -0.25) is 9.78 Å². The highest BCUT2D eigenvalue weighted by molar-refractivity contribution is 5.92. The highest BCUT2D eigenvalue weighted by Crippen LogP contribution is 2.32. The zero-order valence-electron chi connectivity index (χ0n) is 13.0. The summed E-state index contributed by atoms with van der Waals surface area (Å²) < 4.78 is 0. The minimum absolute atomic E-state index is 0.0253. The number of benzene rings is 1. The van der Waals surface area contributed by atoms with E-state index in [1.807, 2.05) is 24.3 Å². The van der Waals surface area contributed by atoms with E-state index in [0.29, 0.717) is 11.7 Å². The summed E-state index contributed by atoms with van der Waals surface area (Å²) in [5.41, 5.74) is 2.67. The molecule has 0 saturated carbocycles. The van der Waals surface area contributed by atoms with Crippen molar-refractivity contribution in [3.63, 3.8) is 0 Å². The van der Waals surface area contributed by atoms with Crippen molar-refractivity contribution in [3.8, 4) is 0 Å². The van der Waals surface area contributed by atoms with Gasteiger partial charge in [0.15, 0.2) is 0 Å². The molecule has 0 spiro atoms. The maximum Gasteiger partial charge on any atom is 0.309 e. The predicted octanol–water partition coefficient (Wildman–Crippen LogP) is 3.63. The largest absolute Gasteiger partial charge is 0.481 e. The zero-order valence-corrected chi connectivity index (χ0v) is 13.0. The number of aliphatic carboxylic acids is 1. The molecule has 1 fully saturated rings. The van der Waals surface area contributed by atoms with Crippen molar-refractivity contribution in [1.82, 2.24) is 4.98 Å². The number of piperidine rings is 1. The predicted molar refractivity (Wildman–Crippen MR) is 88.4 cm³/mol. The standard InChI is InChI=1S/C18H22N2O2/c1-2-14-7-5-6-10-20(14)17-11-13(12-18(21)22)19-16-9-4-3-8-15(16)17/h3-4,8-9,11,14H,2,5-7,10,12H2,1H3,(H,21,22). The molecule has 0 aliphatic carbocycles. The SMILES string of the molecule is CCC1CCCCN1c1cc(CC(=O)O)nc2ccccc12. The van der Waals surface area contributed by atoms with Crippen LogP contribution in [-0.2, 0) is 11.2 Å². The fourth-order valence-corrected chi connectivity index (χ4v) is 3.44. The molecule has 1 aromatic heterocycles. The maximum atomic E-state index is 11.1. The van der Waals surface area contributed by atoms with Crippen LogP contribution in [-0.4, -0.2) is 28.6 Å². The van der Waals surface area contributed by atoms with Gasteiger partial charge in [0.05, 0.1) is 17.6 Å². The van der Waals surface area contributed by atoms with Crippen molar-refractivity contribution in [2.45, 2.75) is 45.1 Å². The van der Waals surface area contributed by atoms with Gasteiger partial charge in [-0.2, -0.15) is 0 Å². The Hall–Kier alpha value is -2.10. The average molecular weight is 298 g/mol. The quantitative estimate of drug-likeness (QED) is 0.936. The molecule has 22 heavy (non-hydrogen) atoms. The third-order valence-corrected chi connectivity index (χ3v) is 4.49. The monoisotopic (exact) mass is 298 g/mol. The van der Waals surface area contributed by atoms with Crippen molar-refractivity contribution in [2.75, 3.05) is 11.4 Å². The summed E-state index contributed by atoms with van der Waals surface area (Å²) in [6.45, 7) is 3.27. The van der Waals surface area contributed by atoms with E-state index in [9.17, 15) is 4.79 Å². The normalized spacial score (nSPS) is 18.6. The van der Waals surface area contributed by atoms with E-state index in [4.69, 9.17) is 5.11 Å². The second-order valence-corrected chi connectivity index (χ2v) is 5.97. The molecule has 116 valence electrons. The summed E-state index contributed by atoms with van der Waals surface area (Å²) in [5, 5.41) is 10.2. The Labute approximate surface area is 130 Å². The van der Waals surface area contributed by atoms with Crippen molar-refractivity contribution < 1.29 is 9.90 Å². The summed E-state index contributed by atoms with van der Waals surface area (Å²) in [6.07, 6.45) is 4.77. The molecule has 0 bridgehead atoms. The summed E-state index contributed by atoms with van der Waals surface area (Å²) >= 11 is 0. The number of carboxylic acids is 1.